The second-order valence-corrected chi connectivity index (χ2v) is 5.73. The number of rotatable bonds is 4. The average Bonchev–Trinajstić information content (AvgIpc) is 2.07. The molecule has 1 aromatic rings. The summed E-state index contributed by atoms with van der Waals surface area (Å²) in [5, 5.41) is 0. The Bertz CT molecular complexity index is 186. The number of hydrogen-bond donors (Lipinski definition) is 0. The summed E-state index contributed by atoms with van der Waals surface area (Å²) < 4.78 is 2.92. The Morgan fingerprint density at radius 3 is 3.09 bits per heavy atom. The molecule has 0 aliphatic rings. The topological polar surface area (TPSA) is 12.9 Å². The average molecular weight is 263 g/mol. The molecule has 0 bridgehead atoms. The molecule has 0 N–H and O–H groups in total. The maximum absolute atomic E-state index is 4.10. The van der Waals surface area contributed by atoms with Crippen LogP contribution in [0.1, 0.15) is 19.8 Å². The van der Waals surface area contributed by atoms with Crippen molar-refractivity contribution in [2.24, 2.45) is 0 Å². The van der Waals surface area contributed by atoms with E-state index in [0.29, 0.717) is 0 Å². The molecule has 0 aromatic carbocycles. The van der Waals surface area contributed by atoms with E-state index in [1.165, 1.54) is 20.9 Å². The van der Waals surface area contributed by atoms with Crippen LogP contribution in [0.5, 0.6) is 0 Å². The van der Waals surface area contributed by atoms with Gasteiger partial charge in [-0.3, -0.25) is 0 Å². The molecule has 1 rings (SSSR count). The summed E-state index contributed by atoms with van der Waals surface area (Å²) in [7, 11) is 0. The summed E-state index contributed by atoms with van der Waals surface area (Å²) in [6.45, 7) is 2.25. The Kier molecular flexibility index (Phi) is 4.57. The Morgan fingerprint density at radius 1 is 1.55 bits per heavy atom. The van der Waals surface area contributed by atoms with Crippen molar-refractivity contribution in [3.8, 4) is 0 Å². The summed E-state index contributed by atoms with van der Waals surface area (Å²) in [5.41, 5.74) is 0. The van der Waals surface area contributed by atoms with Gasteiger partial charge < -0.3 is 0 Å². The van der Waals surface area contributed by atoms with Crippen LogP contribution in [-0.2, 0) is 0 Å². The van der Waals surface area contributed by atoms with Crippen molar-refractivity contribution in [3.05, 3.63) is 24.5 Å². The molecule has 11 heavy (non-hydrogen) atoms. The first kappa shape index (κ1) is 9.03. The van der Waals surface area contributed by atoms with Gasteiger partial charge in [-0.15, -0.1) is 0 Å². The van der Waals surface area contributed by atoms with E-state index in [0.717, 1.165) is 0 Å². The predicted octanol–water partition coefficient (Wildman–Crippen LogP) is 1.63. The van der Waals surface area contributed by atoms with Crippen LogP contribution < -0.4 is 3.61 Å². The fraction of sp³-hybridized carbons (Fsp3) is 0.444. The summed E-state index contributed by atoms with van der Waals surface area (Å²) in [5.74, 6) is 0. The van der Waals surface area contributed by atoms with E-state index in [4.69, 9.17) is 0 Å². The van der Waals surface area contributed by atoms with Crippen LogP contribution in [0.15, 0.2) is 24.5 Å². The Balaban J connectivity index is 2.28. The molecule has 0 saturated heterocycles. The third kappa shape index (κ3) is 3.74. The van der Waals surface area contributed by atoms with Gasteiger partial charge in [-0.05, 0) is 0 Å². The number of unbranched alkanes of at least 4 members (excludes halogenated alkanes) is 1. The molecular weight excluding hydrogens is 250 g/mol. The first-order valence-corrected chi connectivity index (χ1v) is 6.77. The molecule has 0 radical (unpaired) electrons. The van der Waals surface area contributed by atoms with Crippen LogP contribution in [-0.4, -0.2) is 25.9 Å². The van der Waals surface area contributed by atoms with Gasteiger partial charge in [0, 0.05) is 0 Å². The predicted molar refractivity (Wildman–Crippen MR) is 49.3 cm³/mol. The van der Waals surface area contributed by atoms with Gasteiger partial charge in [0.1, 0.15) is 0 Å². The van der Waals surface area contributed by atoms with Crippen molar-refractivity contribution in [2.75, 3.05) is 0 Å². The number of aromatic nitrogens is 1. The molecule has 1 aromatic heterocycles. The molecule has 0 amide bonds. The van der Waals surface area contributed by atoms with Crippen LogP contribution in [0.25, 0.3) is 0 Å². The van der Waals surface area contributed by atoms with Crippen molar-refractivity contribution in [2.45, 2.75) is 24.2 Å². The minimum atomic E-state index is 0.0898. The molecule has 1 nitrogen and oxygen atoms in total. The molecule has 0 saturated carbocycles. The van der Waals surface area contributed by atoms with Gasteiger partial charge in [-0.2, -0.15) is 0 Å². The maximum atomic E-state index is 4.10. The molecule has 0 aliphatic heterocycles. The zero-order chi connectivity index (χ0) is 7.94. The molecule has 60 valence electrons. The Labute approximate surface area is 78.3 Å². The quantitative estimate of drug-likeness (QED) is 0.594. The Morgan fingerprint density at radius 2 is 2.45 bits per heavy atom. The standard InChI is InChI=1S/C9H13NTe/c1-2-3-7-11-9-5-4-6-10-8-9/h4-6,8H,2-3,7H2,1H3. The molecule has 2 heteroatoms. The van der Waals surface area contributed by atoms with Gasteiger partial charge in [-0.25, -0.2) is 0 Å². The van der Waals surface area contributed by atoms with Crippen LogP contribution in [0.2, 0.25) is 4.47 Å². The van der Waals surface area contributed by atoms with E-state index >= 15 is 0 Å². The van der Waals surface area contributed by atoms with Crippen molar-refractivity contribution in [3.63, 3.8) is 0 Å². The third-order valence-electron chi connectivity index (χ3n) is 1.40. The van der Waals surface area contributed by atoms with Gasteiger partial charge in [0.2, 0.25) is 0 Å². The van der Waals surface area contributed by atoms with E-state index in [1.807, 2.05) is 18.5 Å². The second kappa shape index (κ2) is 5.57. The Hall–Kier alpha value is -0.0604. The number of nitrogens with zero attached hydrogens (tertiary/aromatic N) is 1. The van der Waals surface area contributed by atoms with E-state index < -0.39 is 0 Å². The van der Waals surface area contributed by atoms with Crippen LogP contribution in [0.4, 0.5) is 0 Å². The van der Waals surface area contributed by atoms with Gasteiger partial charge in [0.25, 0.3) is 0 Å². The van der Waals surface area contributed by atoms with Crippen LogP contribution in [0, 0.1) is 0 Å². The van der Waals surface area contributed by atoms with E-state index in [1.54, 1.807) is 0 Å². The van der Waals surface area contributed by atoms with E-state index in [-0.39, 0.29) is 20.9 Å². The SMILES string of the molecule is CCCC[Te]c1cccnc1. The van der Waals surface area contributed by atoms with Gasteiger partial charge in [-0.1, -0.05) is 0 Å². The van der Waals surface area contributed by atoms with Gasteiger partial charge >= 0.3 is 78.3 Å². The summed E-state index contributed by atoms with van der Waals surface area (Å²) in [4.78, 5) is 4.10. The van der Waals surface area contributed by atoms with Crippen LogP contribution in [0.3, 0.4) is 0 Å². The fourth-order valence-corrected chi connectivity index (χ4v) is 3.56. The molecule has 1 heterocycles. The zero-order valence-electron chi connectivity index (χ0n) is 6.79. The molecule has 0 unspecified atom stereocenters. The fourth-order valence-electron chi connectivity index (χ4n) is 0.767. The summed E-state index contributed by atoms with van der Waals surface area (Å²) in [6, 6.07) is 4.23. The molecule has 0 fully saturated rings. The van der Waals surface area contributed by atoms with E-state index in [9.17, 15) is 0 Å². The summed E-state index contributed by atoms with van der Waals surface area (Å²) >= 11 is 0.0898. The van der Waals surface area contributed by atoms with Crippen molar-refractivity contribution in [1.29, 1.82) is 0 Å². The van der Waals surface area contributed by atoms with Crippen LogP contribution >= 0.6 is 0 Å². The minimum absolute atomic E-state index is 0.0898. The van der Waals surface area contributed by atoms with E-state index in [2.05, 4.69) is 18.0 Å². The molecule has 0 atom stereocenters. The molecule has 0 spiro atoms. The number of pyridine rings is 1. The first-order chi connectivity index (χ1) is 5.43. The first-order valence-electron chi connectivity index (χ1n) is 3.96. The van der Waals surface area contributed by atoms with Crippen molar-refractivity contribution < 1.29 is 0 Å². The van der Waals surface area contributed by atoms with Gasteiger partial charge in [0.05, 0.1) is 0 Å². The van der Waals surface area contributed by atoms with Crippen molar-refractivity contribution >= 4 is 24.5 Å². The monoisotopic (exact) mass is 265 g/mol. The zero-order valence-corrected chi connectivity index (χ0v) is 9.12. The third-order valence-corrected chi connectivity index (χ3v) is 4.45. The molecular formula is C9H13NTe. The van der Waals surface area contributed by atoms with Crippen molar-refractivity contribution in [1.82, 2.24) is 4.98 Å². The normalized spacial score (nSPS) is 9.91. The second-order valence-electron chi connectivity index (χ2n) is 2.39. The number of hydrogen-bond acceptors (Lipinski definition) is 1. The molecule has 0 aliphatic carbocycles. The summed E-state index contributed by atoms with van der Waals surface area (Å²) in [6.07, 6.45) is 6.57. The van der Waals surface area contributed by atoms with Gasteiger partial charge in [0.15, 0.2) is 0 Å².